The molecule has 106 valence electrons. The largest absolute Gasteiger partial charge is 0.465 e. The summed E-state index contributed by atoms with van der Waals surface area (Å²) in [6.07, 6.45) is 0.777. The van der Waals surface area contributed by atoms with Gasteiger partial charge in [-0.15, -0.1) is 0 Å². The lowest BCUT2D eigenvalue weighted by Gasteiger charge is -2.20. The second-order valence-corrected chi connectivity index (χ2v) is 6.36. The molecular formula is C12H18N2O3S2. The first-order valence-electron chi connectivity index (χ1n) is 6.07. The zero-order chi connectivity index (χ0) is 14.5. The van der Waals surface area contributed by atoms with Crippen molar-refractivity contribution < 1.29 is 14.3 Å². The molecule has 0 aromatic carbocycles. The van der Waals surface area contributed by atoms with Gasteiger partial charge in [0.1, 0.15) is 11.2 Å². The summed E-state index contributed by atoms with van der Waals surface area (Å²) >= 11 is 2.59. The average Bonchev–Trinajstić information content (AvgIpc) is 2.84. The summed E-state index contributed by atoms with van der Waals surface area (Å²) < 4.78 is 9.81. The van der Waals surface area contributed by atoms with Gasteiger partial charge in [0.15, 0.2) is 10.1 Å². The minimum Gasteiger partial charge on any atom is -0.465 e. The van der Waals surface area contributed by atoms with E-state index in [2.05, 4.69) is 9.36 Å². The number of ketones is 1. The van der Waals surface area contributed by atoms with Crippen LogP contribution in [0, 0.1) is 5.41 Å². The smallest absolute Gasteiger partial charge is 0.319 e. The van der Waals surface area contributed by atoms with Crippen LogP contribution in [-0.2, 0) is 20.7 Å². The van der Waals surface area contributed by atoms with Gasteiger partial charge in [-0.3, -0.25) is 9.59 Å². The Hall–Kier alpha value is -0.950. The van der Waals surface area contributed by atoms with E-state index in [0.29, 0.717) is 0 Å². The molecular weight excluding hydrogens is 284 g/mol. The fourth-order valence-electron chi connectivity index (χ4n) is 1.17. The van der Waals surface area contributed by atoms with Crippen molar-refractivity contribution in [3.05, 3.63) is 5.82 Å². The third kappa shape index (κ3) is 4.28. The molecule has 0 aliphatic rings. The van der Waals surface area contributed by atoms with Crippen LogP contribution in [0.2, 0.25) is 0 Å². The van der Waals surface area contributed by atoms with Gasteiger partial charge in [0, 0.05) is 6.42 Å². The average molecular weight is 302 g/mol. The van der Waals surface area contributed by atoms with Gasteiger partial charge in [-0.05, 0) is 32.3 Å². The Balaban J connectivity index is 2.56. The monoisotopic (exact) mass is 302 g/mol. The molecule has 0 radical (unpaired) electrons. The molecule has 0 aliphatic carbocycles. The highest BCUT2D eigenvalue weighted by Crippen LogP contribution is 2.26. The van der Waals surface area contributed by atoms with Gasteiger partial charge < -0.3 is 4.74 Å². The maximum atomic E-state index is 12.1. The van der Waals surface area contributed by atoms with Crippen molar-refractivity contribution in [3.63, 3.8) is 0 Å². The first-order chi connectivity index (χ1) is 8.91. The van der Waals surface area contributed by atoms with E-state index in [-0.39, 0.29) is 18.1 Å². The molecule has 0 aliphatic heterocycles. The minimum atomic E-state index is -1.11. The van der Waals surface area contributed by atoms with Crippen LogP contribution in [0.15, 0.2) is 4.34 Å². The number of hydrogen-bond donors (Lipinski definition) is 0. The second-order valence-electron chi connectivity index (χ2n) is 4.39. The predicted octanol–water partition coefficient (Wildman–Crippen LogP) is 2.35. The molecule has 0 fully saturated rings. The van der Waals surface area contributed by atoms with Gasteiger partial charge in [-0.2, -0.15) is 4.37 Å². The van der Waals surface area contributed by atoms with Crippen LogP contribution in [-0.4, -0.2) is 33.5 Å². The Morgan fingerprint density at radius 3 is 2.58 bits per heavy atom. The lowest BCUT2D eigenvalue weighted by atomic mass is 9.89. The third-order valence-corrected chi connectivity index (χ3v) is 4.45. The Kier molecular flexibility index (Phi) is 5.93. The molecule has 1 heterocycles. The molecule has 0 amide bonds. The van der Waals surface area contributed by atoms with E-state index in [1.165, 1.54) is 23.3 Å². The maximum absolute atomic E-state index is 12.1. The number of thioether (sulfide) groups is 1. The fraction of sp³-hybridized carbons (Fsp3) is 0.667. The van der Waals surface area contributed by atoms with E-state index in [0.717, 1.165) is 16.6 Å². The molecule has 0 bridgehead atoms. The molecule has 1 rings (SSSR count). The van der Waals surface area contributed by atoms with Crippen LogP contribution >= 0.6 is 23.3 Å². The molecule has 0 saturated carbocycles. The maximum Gasteiger partial charge on any atom is 0.319 e. The number of aromatic nitrogens is 2. The first kappa shape index (κ1) is 16.1. The lowest BCUT2D eigenvalue weighted by Crippen LogP contribution is -2.36. The zero-order valence-corrected chi connectivity index (χ0v) is 13.2. The molecule has 0 spiro atoms. The zero-order valence-electron chi connectivity index (χ0n) is 11.6. The molecule has 1 aromatic rings. The van der Waals surface area contributed by atoms with Gasteiger partial charge in [0.25, 0.3) is 0 Å². The number of esters is 1. The molecule has 7 heteroatoms. The van der Waals surface area contributed by atoms with Crippen LogP contribution in [0.25, 0.3) is 0 Å². The highest BCUT2D eigenvalue weighted by molar-refractivity contribution is 8.01. The van der Waals surface area contributed by atoms with Crippen molar-refractivity contribution in [1.82, 2.24) is 9.36 Å². The first-order valence-corrected chi connectivity index (χ1v) is 7.83. The van der Waals surface area contributed by atoms with Crippen molar-refractivity contribution >= 4 is 35.0 Å². The molecule has 0 unspecified atom stereocenters. The molecule has 0 N–H and O–H groups in total. The Labute approximate surface area is 121 Å². The number of carbonyl (C=O) groups excluding carboxylic acids is 2. The summed E-state index contributed by atoms with van der Waals surface area (Å²) in [4.78, 5) is 28.0. The number of rotatable bonds is 7. The van der Waals surface area contributed by atoms with Gasteiger partial charge in [-0.1, -0.05) is 18.7 Å². The van der Waals surface area contributed by atoms with Crippen LogP contribution in [0.3, 0.4) is 0 Å². The number of ether oxygens (including phenoxy) is 1. The number of Topliss-reactive ketones (excluding diaryl/α,β-unsaturated/α-hetero) is 1. The fourth-order valence-corrected chi connectivity index (χ4v) is 2.96. The SMILES string of the molecule is CCOC(=O)C(C)(C)C(=O)CSc1nc(CC)ns1. The topological polar surface area (TPSA) is 69.2 Å². The lowest BCUT2D eigenvalue weighted by molar-refractivity contribution is -0.157. The minimum absolute atomic E-state index is 0.163. The van der Waals surface area contributed by atoms with E-state index >= 15 is 0 Å². The highest BCUT2D eigenvalue weighted by atomic mass is 32.2. The van der Waals surface area contributed by atoms with Gasteiger partial charge in [0.05, 0.1) is 12.4 Å². The number of aryl methyl sites for hydroxylation is 1. The van der Waals surface area contributed by atoms with Crippen LogP contribution < -0.4 is 0 Å². The summed E-state index contributed by atoms with van der Waals surface area (Å²) in [5, 5.41) is 0. The number of nitrogens with zero attached hydrogens (tertiary/aromatic N) is 2. The molecule has 1 aromatic heterocycles. The summed E-state index contributed by atoms with van der Waals surface area (Å²) in [6, 6.07) is 0. The van der Waals surface area contributed by atoms with E-state index in [9.17, 15) is 9.59 Å². The summed E-state index contributed by atoms with van der Waals surface area (Å²) in [5.41, 5.74) is -1.11. The molecule has 0 saturated heterocycles. The van der Waals surface area contributed by atoms with Crippen LogP contribution in [0.4, 0.5) is 0 Å². The summed E-state index contributed by atoms with van der Waals surface area (Å²) in [5.74, 6) is 0.338. The Morgan fingerprint density at radius 2 is 2.05 bits per heavy atom. The van der Waals surface area contributed by atoms with Crippen LogP contribution in [0.1, 0.15) is 33.5 Å². The Bertz CT molecular complexity index is 458. The quantitative estimate of drug-likeness (QED) is 0.437. The number of carbonyl (C=O) groups is 2. The summed E-state index contributed by atoms with van der Waals surface area (Å²) in [7, 11) is 0. The van der Waals surface area contributed by atoms with E-state index in [4.69, 9.17) is 4.74 Å². The molecule has 5 nitrogen and oxygen atoms in total. The Morgan fingerprint density at radius 1 is 1.37 bits per heavy atom. The normalized spacial score (nSPS) is 11.4. The van der Waals surface area contributed by atoms with Crippen LogP contribution in [0.5, 0.6) is 0 Å². The molecule has 19 heavy (non-hydrogen) atoms. The van der Waals surface area contributed by atoms with Crippen molar-refractivity contribution in [2.24, 2.45) is 5.41 Å². The third-order valence-electron chi connectivity index (χ3n) is 2.58. The number of hydrogen-bond acceptors (Lipinski definition) is 7. The van der Waals surface area contributed by atoms with E-state index in [1.54, 1.807) is 20.8 Å². The van der Waals surface area contributed by atoms with Crippen molar-refractivity contribution in [2.45, 2.75) is 38.5 Å². The van der Waals surface area contributed by atoms with E-state index < -0.39 is 11.4 Å². The molecule has 0 atom stereocenters. The predicted molar refractivity (Wildman–Crippen MR) is 75.4 cm³/mol. The van der Waals surface area contributed by atoms with Gasteiger partial charge in [-0.25, -0.2) is 4.98 Å². The summed E-state index contributed by atoms with van der Waals surface area (Å²) in [6.45, 7) is 7.15. The van der Waals surface area contributed by atoms with Gasteiger partial charge in [0.2, 0.25) is 0 Å². The van der Waals surface area contributed by atoms with Crippen molar-refractivity contribution in [3.8, 4) is 0 Å². The van der Waals surface area contributed by atoms with Crippen molar-refractivity contribution in [1.29, 1.82) is 0 Å². The standard InChI is InChI=1S/C12H18N2O3S2/c1-5-9-13-11(19-14-9)18-7-8(15)12(3,4)10(16)17-6-2/h5-7H2,1-4H3. The van der Waals surface area contributed by atoms with Gasteiger partial charge >= 0.3 is 5.97 Å². The highest BCUT2D eigenvalue weighted by Gasteiger charge is 2.37. The second kappa shape index (κ2) is 7.00. The van der Waals surface area contributed by atoms with E-state index in [1.807, 2.05) is 6.92 Å². The van der Waals surface area contributed by atoms with Crippen molar-refractivity contribution in [2.75, 3.05) is 12.4 Å².